The van der Waals surface area contributed by atoms with Crippen molar-refractivity contribution in [1.82, 2.24) is 0 Å². The van der Waals surface area contributed by atoms with Gasteiger partial charge in [-0.2, -0.15) is 0 Å². The van der Waals surface area contributed by atoms with E-state index >= 15 is 0 Å². The molecule has 0 spiro atoms. The van der Waals surface area contributed by atoms with Crippen molar-refractivity contribution in [2.45, 2.75) is 89.9 Å². The van der Waals surface area contributed by atoms with Crippen LogP contribution < -0.4 is 0 Å². The van der Waals surface area contributed by atoms with E-state index < -0.39 is 0 Å². The largest absolute Gasteiger partial charge is 0.207 e. The van der Waals surface area contributed by atoms with Crippen LogP contribution in [0.5, 0.6) is 0 Å². The second kappa shape index (κ2) is 10.6. The van der Waals surface area contributed by atoms with Gasteiger partial charge < -0.3 is 0 Å². The van der Waals surface area contributed by atoms with Gasteiger partial charge in [0.05, 0.1) is 0 Å². The molecule has 2 saturated carbocycles. The molecule has 0 N–H and O–H groups in total. The van der Waals surface area contributed by atoms with Crippen molar-refractivity contribution < 1.29 is 4.39 Å². The molecule has 1 heteroatoms. The van der Waals surface area contributed by atoms with Gasteiger partial charge in [0.2, 0.25) is 0 Å². The lowest BCUT2D eigenvalue weighted by molar-refractivity contribution is 0.113. The molecule has 2 aliphatic carbocycles. The molecular formula is C29H39F. The Bertz CT molecular complexity index is 777. The number of unbranched alkanes of at least 4 members (excludes halogenated alkanes) is 4. The average Bonchev–Trinajstić information content (AvgIpc) is 2.79. The molecule has 0 heterocycles. The van der Waals surface area contributed by atoms with Crippen molar-refractivity contribution in [3.8, 4) is 11.1 Å². The Balaban J connectivity index is 1.28. The minimum absolute atomic E-state index is 0.161. The zero-order chi connectivity index (χ0) is 20.8. The third-order valence-corrected chi connectivity index (χ3v) is 7.98. The van der Waals surface area contributed by atoms with E-state index in [0.717, 1.165) is 34.8 Å². The summed E-state index contributed by atoms with van der Waals surface area (Å²) in [7, 11) is 0. The van der Waals surface area contributed by atoms with Crippen LogP contribution >= 0.6 is 0 Å². The standard InChI is InChI=1S/C29H39F/c1-2-3-4-5-6-8-22-11-12-28-20-27(18-17-26(28)19-22)24-15-13-23(14-16-24)25-9-7-10-29(30)21-25/h7,9-10,13-16,21-22,26-28H,2-6,8,11-12,17-20H2,1H3/t22?,26-,27-,28-/m1/s1. The lowest BCUT2D eigenvalue weighted by Gasteiger charge is -2.42. The lowest BCUT2D eigenvalue weighted by atomic mass is 9.63. The van der Waals surface area contributed by atoms with Crippen molar-refractivity contribution in [2.24, 2.45) is 17.8 Å². The molecule has 0 radical (unpaired) electrons. The monoisotopic (exact) mass is 406 g/mol. The maximum atomic E-state index is 13.5. The van der Waals surface area contributed by atoms with E-state index in [1.165, 1.54) is 88.7 Å². The Morgan fingerprint density at radius 3 is 2.33 bits per heavy atom. The van der Waals surface area contributed by atoms with Crippen LogP contribution in [-0.2, 0) is 0 Å². The molecular weight excluding hydrogens is 367 g/mol. The first-order chi connectivity index (χ1) is 14.7. The lowest BCUT2D eigenvalue weighted by Crippen LogP contribution is -2.30. The van der Waals surface area contributed by atoms with E-state index in [4.69, 9.17) is 0 Å². The van der Waals surface area contributed by atoms with Crippen molar-refractivity contribution in [3.05, 3.63) is 59.9 Å². The SMILES string of the molecule is CCCCCCCC1CC[C@@H]2C[C@H](c3ccc(-c4cccc(F)c4)cc3)CC[C@@H]2C1. The predicted octanol–water partition coefficient (Wildman–Crippen LogP) is 9.15. The maximum Gasteiger partial charge on any atom is 0.123 e. The predicted molar refractivity (Wildman–Crippen MR) is 126 cm³/mol. The van der Waals surface area contributed by atoms with Gasteiger partial charge in [-0.15, -0.1) is 0 Å². The van der Waals surface area contributed by atoms with Crippen molar-refractivity contribution in [3.63, 3.8) is 0 Å². The van der Waals surface area contributed by atoms with Gasteiger partial charge in [-0.05, 0) is 84.6 Å². The number of hydrogen-bond donors (Lipinski definition) is 0. The third-order valence-electron chi connectivity index (χ3n) is 7.98. The number of hydrogen-bond acceptors (Lipinski definition) is 0. The first-order valence-corrected chi connectivity index (χ1v) is 12.6. The highest BCUT2D eigenvalue weighted by molar-refractivity contribution is 5.63. The zero-order valence-electron chi connectivity index (χ0n) is 18.8. The summed E-state index contributed by atoms with van der Waals surface area (Å²) in [6, 6.07) is 15.9. The Morgan fingerprint density at radius 2 is 1.53 bits per heavy atom. The van der Waals surface area contributed by atoms with Crippen LogP contribution in [0.15, 0.2) is 48.5 Å². The van der Waals surface area contributed by atoms with Crippen LogP contribution in [0.25, 0.3) is 11.1 Å². The number of rotatable bonds is 8. The topological polar surface area (TPSA) is 0 Å². The van der Waals surface area contributed by atoms with Gasteiger partial charge in [0.1, 0.15) is 5.82 Å². The smallest absolute Gasteiger partial charge is 0.123 e. The molecule has 2 fully saturated rings. The van der Waals surface area contributed by atoms with Gasteiger partial charge in [-0.1, -0.05) is 88.3 Å². The summed E-state index contributed by atoms with van der Waals surface area (Å²) >= 11 is 0. The van der Waals surface area contributed by atoms with E-state index in [0.29, 0.717) is 0 Å². The van der Waals surface area contributed by atoms with Crippen LogP contribution in [0.1, 0.15) is 95.5 Å². The van der Waals surface area contributed by atoms with E-state index in [2.05, 4.69) is 31.2 Å². The van der Waals surface area contributed by atoms with Crippen LogP contribution in [0.3, 0.4) is 0 Å². The van der Waals surface area contributed by atoms with E-state index in [-0.39, 0.29) is 5.82 Å². The van der Waals surface area contributed by atoms with Crippen molar-refractivity contribution in [1.29, 1.82) is 0 Å². The summed E-state index contributed by atoms with van der Waals surface area (Å²) in [6.07, 6.45) is 17.2. The fourth-order valence-corrected chi connectivity index (χ4v) is 6.20. The maximum absolute atomic E-state index is 13.5. The second-order valence-electron chi connectivity index (χ2n) is 10.0. The molecule has 1 unspecified atom stereocenters. The van der Waals surface area contributed by atoms with Crippen LogP contribution in [-0.4, -0.2) is 0 Å². The molecule has 30 heavy (non-hydrogen) atoms. The molecule has 4 rings (SSSR count). The number of benzene rings is 2. The summed E-state index contributed by atoms with van der Waals surface area (Å²) in [4.78, 5) is 0. The second-order valence-corrected chi connectivity index (χ2v) is 10.0. The molecule has 0 aromatic heterocycles. The highest BCUT2D eigenvalue weighted by Crippen LogP contribution is 2.48. The first-order valence-electron chi connectivity index (χ1n) is 12.6. The van der Waals surface area contributed by atoms with E-state index in [1.54, 1.807) is 12.1 Å². The fraction of sp³-hybridized carbons (Fsp3) is 0.586. The normalized spacial score (nSPS) is 26.3. The quantitative estimate of drug-likeness (QED) is 0.383. The Morgan fingerprint density at radius 1 is 0.767 bits per heavy atom. The Labute approximate surface area is 183 Å². The molecule has 0 aliphatic heterocycles. The minimum atomic E-state index is -0.161. The summed E-state index contributed by atoms with van der Waals surface area (Å²) in [5, 5.41) is 0. The average molecular weight is 407 g/mol. The molecule has 0 bridgehead atoms. The van der Waals surface area contributed by atoms with E-state index in [1.807, 2.05) is 6.07 Å². The van der Waals surface area contributed by atoms with Gasteiger partial charge in [0, 0.05) is 0 Å². The molecule has 2 aromatic carbocycles. The molecule has 0 nitrogen and oxygen atoms in total. The first kappa shape index (κ1) is 21.6. The van der Waals surface area contributed by atoms with Crippen molar-refractivity contribution in [2.75, 3.05) is 0 Å². The molecule has 4 atom stereocenters. The number of halogens is 1. The molecule has 162 valence electrons. The molecule has 2 aliphatic rings. The third kappa shape index (κ3) is 5.54. The van der Waals surface area contributed by atoms with Crippen LogP contribution in [0.4, 0.5) is 4.39 Å². The Kier molecular flexibility index (Phi) is 7.63. The minimum Gasteiger partial charge on any atom is -0.207 e. The van der Waals surface area contributed by atoms with Gasteiger partial charge in [-0.25, -0.2) is 4.39 Å². The summed E-state index contributed by atoms with van der Waals surface area (Å²) in [5.74, 6) is 3.50. The van der Waals surface area contributed by atoms with Gasteiger partial charge in [0.15, 0.2) is 0 Å². The summed E-state index contributed by atoms with van der Waals surface area (Å²) in [5.41, 5.74) is 3.58. The fourth-order valence-electron chi connectivity index (χ4n) is 6.20. The van der Waals surface area contributed by atoms with Crippen LogP contribution in [0.2, 0.25) is 0 Å². The van der Waals surface area contributed by atoms with Gasteiger partial charge >= 0.3 is 0 Å². The van der Waals surface area contributed by atoms with Crippen LogP contribution in [0, 0.1) is 23.6 Å². The highest BCUT2D eigenvalue weighted by Gasteiger charge is 2.35. The van der Waals surface area contributed by atoms with E-state index in [9.17, 15) is 4.39 Å². The van der Waals surface area contributed by atoms with Gasteiger partial charge in [0.25, 0.3) is 0 Å². The number of fused-ring (bicyclic) bond motifs is 1. The summed E-state index contributed by atoms with van der Waals surface area (Å²) < 4.78 is 13.5. The molecule has 2 aromatic rings. The molecule has 0 saturated heterocycles. The summed E-state index contributed by atoms with van der Waals surface area (Å²) in [6.45, 7) is 2.30. The zero-order valence-corrected chi connectivity index (χ0v) is 18.8. The van der Waals surface area contributed by atoms with Gasteiger partial charge in [-0.3, -0.25) is 0 Å². The Hall–Kier alpha value is -1.63. The molecule has 0 amide bonds. The highest BCUT2D eigenvalue weighted by atomic mass is 19.1. The van der Waals surface area contributed by atoms with Crippen molar-refractivity contribution >= 4 is 0 Å².